The van der Waals surface area contributed by atoms with Crippen molar-refractivity contribution in [3.63, 3.8) is 0 Å². The van der Waals surface area contributed by atoms with Crippen molar-refractivity contribution in [2.75, 3.05) is 0 Å². The van der Waals surface area contributed by atoms with E-state index < -0.39 is 0 Å². The van der Waals surface area contributed by atoms with E-state index in [0.29, 0.717) is 11.0 Å². The molecule has 0 unspecified atom stereocenters. The Balaban J connectivity index is 1.93. The van der Waals surface area contributed by atoms with Crippen LogP contribution in [0.15, 0.2) is 63.9 Å². The summed E-state index contributed by atoms with van der Waals surface area (Å²) in [6.07, 6.45) is 3.74. The molecular formula is C17H13NO2. The monoisotopic (exact) mass is 263 g/mol. The van der Waals surface area contributed by atoms with Crippen LogP contribution in [0.2, 0.25) is 0 Å². The van der Waals surface area contributed by atoms with Crippen LogP contribution in [0.1, 0.15) is 24.3 Å². The largest absolute Gasteiger partial charge is 0.460 e. The lowest BCUT2D eigenvalue weighted by Crippen LogP contribution is -2.14. The first-order valence-corrected chi connectivity index (χ1v) is 6.74. The fraction of sp³-hybridized carbons (Fsp3) is 0.176. The number of pyridine rings is 1. The third kappa shape index (κ3) is 1.59. The van der Waals surface area contributed by atoms with Gasteiger partial charge in [-0.05, 0) is 37.1 Å². The summed E-state index contributed by atoms with van der Waals surface area (Å²) in [5.74, 6) is 0.736. The van der Waals surface area contributed by atoms with Gasteiger partial charge in [0.05, 0.1) is 16.5 Å². The number of aromatic nitrogens is 1. The van der Waals surface area contributed by atoms with Gasteiger partial charge in [-0.25, -0.2) is 0 Å². The summed E-state index contributed by atoms with van der Waals surface area (Å²) in [4.78, 5) is 16.7. The fourth-order valence-corrected chi connectivity index (χ4v) is 2.74. The molecule has 1 saturated carbocycles. The Bertz CT molecular complexity index is 832. The van der Waals surface area contributed by atoms with Gasteiger partial charge in [0.2, 0.25) is 0 Å². The van der Waals surface area contributed by atoms with Gasteiger partial charge in [0, 0.05) is 12.3 Å². The fourth-order valence-electron chi connectivity index (χ4n) is 2.74. The SMILES string of the molecule is O=c1cc(C2(c3ccccn3)CC2)oc2ccccc12. The summed E-state index contributed by atoms with van der Waals surface area (Å²) in [5.41, 5.74) is 1.45. The lowest BCUT2D eigenvalue weighted by molar-refractivity contribution is 0.495. The van der Waals surface area contributed by atoms with Crippen LogP contribution in [0.3, 0.4) is 0 Å². The molecule has 0 aliphatic heterocycles. The van der Waals surface area contributed by atoms with Gasteiger partial charge in [-0.3, -0.25) is 9.78 Å². The predicted octanol–water partition coefficient (Wildman–Crippen LogP) is 3.27. The average Bonchev–Trinajstić information content (AvgIpc) is 3.30. The number of nitrogens with zero attached hydrogens (tertiary/aromatic N) is 1. The molecule has 0 saturated heterocycles. The first-order valence-electron chi connectivity index (χ1n) is 6.74. The van der Waals surface area contributed by atoms with Crippen LogP contribution in [-0.2, 0) is 5.41 Å². The number of benzene rings is 1. The maximum atomic E-state index is 12.2. The summed E-state index contributed by atoms with van der Waals surface area (Å²) >= 11 is 0. The maximum absolute atomic E-state index is 12.2. The Morgan fingerprint density at radius 2 is 1.85 bits per heavy atom. The number of fused-ring (bicyclic) bond motifs is 1. The van der Waals surface area contributed by atoms with E-state index in [4.69, 9.17) is 4.42 Å². The Labute approximate surface area is 115 Å². The van der Waals surface area contributed by atoms with Crippen LogP contribution in [0.4, 0.5) is 0 Å². The van der Waals surface area contributed by atoms with E-state index in [1.54, 1.807) is 18.3 Å². The molecule has 1 aliphatic rings. The summed E-state index contributed by atoms with van der Waals surface area (Å²) in [6.45, 7) is 0. The van der Waals surface area contributed by atoms with Crippen LogP contribution in [0.5, 0.6) is 0 Å². The molecule has 20 heavy (non-hydrogen) atoms. The summed E-state index contributed by atoms with van der Waals surface area (Å²) < 4.78 is 5.98. The molecule has 0 radical (unpaired) electrons. The first kappa shape index (κ1) is 11.4. The second-order valence-corrected chi connectivity index (χ2v) is 5.27. The Kier molecular flexibility index (Phi) is 2.30. The van der Waals surface area contributed by atoms with Gasteiger partial charge in [-0.1, -0.05) is 18.2 Å². The summed E-state index contributed by atoms with van der Waals surface area (Å²) in [7, 11) is 0. The van der Waals surface area contributed by atoms with E-state index in [0.717, 1.165) is 24.3 Å². The Hall–Kier alpha value is -2.42. The molecule has 3 aromatic rings. The highest BCUT2D eigenvalue weighted by Gasteiger charge is 2.49. The van der Waals surface area contributed by atoms with Crippen LogP contribution >= 0.6 is 0 Å². The molecule has 3 heteroatoms. The van der Waals surface area contributed by atoms with Crippen molar-refractivity contribution in [3.05, 3.63) is 76.4 Å². The van der Waals surface area contributed by atoms with Crippen molar-refractivity contribution in [3.8, 4) is 0 Å². The van der Waals surface area contributed by atoms with Gasteiger partial charge < -0.3 is 4.42 Å². The van der Waals surface area contributed by atoms with Crippen molar-refractivity contribution < 1.29 is 4.42 Å². The lowest BCUT2D eigenvalue weighted by atomic mass is 9.97. The quantitative estimate of drug-likeness (QED) is 0.712. The summed E-state index contributed by atoms with van der Waals surface area (Å²) in [6, 6.07) is 14.9. The topological polar surface area (TPSA) is 43.1 Å². The summed E-state index contributed by atoms with van der Waals surface area (Å²) in [5, 5.41) is 0.632. The zero-order chi connectivity index (χ0) is 13.6. The zero-order valence-electron chi connectivity index (χ0n) is 10.9. The van der Waals surface area contributed by atoms with Gasteiger partial charge in [-0.2, -0.15) is 0 Å². The standard InChI is InChI=1S/C17H13NO2/c19-13-11-16(20-14-6-2-1-5-12(13)14)17(8-9-17)15-7-3-4-10-18-15/h1-7,10-11H,8-9H2. The number of hydrogen-bond acceptors (Lipinski definition) is 3. The highest BCUT2D eigenvalue weighted by molar-refractivity contribution is 5.76. The van der Waals surface area contributed by atoms with E-state index in [2.05, 4.69) is 4.98 Å². The lowest BCUT2D eigenvalue weighted by Gasteiger charge is -2.13. The third-order valence-electron chi connectivity index (χ3n) is 4.01. The highest BCUT2D eigenvalue weighted by atomic mass is 16.3. The molecule has 0 bridgehead atoms. The average molecular weight is 263 g/mol. The molecular weight excluding hydrogens is 250 g/mol. The van der Waals surface area contributed by atoms with E-state index in [-0.39, 0.29) is 10.8 Å². The molecule has 98 valence electrons. The van der Waals surface area contributed by atoms with Crippen molar-refractivity contribution >= 4 is 11.0 Å². The predicted molar refractivity (Wildman–Crippen MR) is 76.7 cm³/mol. The van der Waals surface area contributed by atoms with Crippen molar-refractivity contribution in [1.82, 2.24) is 4.98 Å². The highest BCUT2D eigenvalue weighted by Crippen LogP contribution is 2.52. The third-order valence-corrected chi connectivity index (χ3v) is 4.01. The van der Waals surface area contributed by atoms with Crippen molar-refractivity contribution in [2.24, 2.45) is 0 Å². The molecule has 0 amide bonds. The molecule has 2 aromatic heterocycles. The van der Waals surface area contributed by atoms with Crippen molar-refractivity contribution in [2.45, 2.75) is 18.3 Å². The number of para-hydroxylation sites is 1. The Morgan fingerprint density at radius 3 is 2.60 bits per heavy atom. The van der Waals surface area contributed by atoms with Crippen LogP contribution in [0.25, 0.3) is 11.0 Å². The van der Waals surface area contributed by atoms with Crippen LogP contribution in [0, 0.1) is 0 Å². The van der Waals surface area contributed by atoms with E-state index in [9.17, 15) is 4.79 Å². The van der Waals surface area contributed by atoms with Gasteiger partial charge in [0.15, 0.2) is 5.43 Å². The molecule has 0 N–H and O–H groups in total. The maximum Gasteiger partial charge on any atom is 0.192 e. The first-order chi connectivity index (χ1) is 9.79. The molecule has 1 aromatic carbocycles. The van der Waals surface area contributed by atoms with Crippen molar-refractivity contribution in [1.29, 1.82) is 0 Å². The van der Waals surface area contributed by atoms with E-state index in [1.807, 2.05) is 36.4 Å². The smallest absolute Gasteiger partial charge is 0.192 e. The van der Waals surface area contributed by atoms with E-state index in [1.165, 1.54) is 0 Å². The molecule has 2 heterocycles. The second kappa shape index (κ2) is 4.04. The molecule has 1 fully saturated rings. The molecule has 3 nitrogen and oxygen atoms in total. The van der Waals surface area contributed by atoms with Gasteiger partial charge >= 0.3 is 0 Å². The zero-order valence-corrected chi connectivity index (χ0v) is 10.9. The van der Waals surface area contributed by atoms with Gasteiger partial charge in [0.25, 0.3) is 0 Å². The molecule has 0 atom stereocenters. The second-order valence-electron chi connectivity index (χ2n) is 5.27. The minimum atomic E-state index is -0.204. The van der Waals surface area contributed by atoms with E-state index >= 15 is 0 Å². The molecule has 0 spiro atoms. The molecule has 1 aliphatic carbocycles. The minimum Gasteiger partial charge on any atom is -0.460 e. The minimum absolute atomic E-state index is 0.0176. The van der Waals surface area contributed by atoms with Crippen LogP contribution < -0.4 is 5.43 Å². The number of rotatable bonds is 2. The van der Waals surface area contributed by atoms with Crippen LogP contribution in [-0.4, -0.2) is 4.98 Å². The van der Waals surface area contributed by atoms with Gasteiger partial charge in [-0.15, -0.1) is 0 Å². The Morgan fingerprint density at radius 1 is 1.05 bits per heavy atom. The number of hydrogen-bond donors (Lipinski definition) is 0. The normalized spacial score (nSPS) is 16.2. The molecule has 4 rings (SSSR count). The van der Waals surface area contributed by atoms with Gasteiger partial charge in [0.1, 0.15) is 11.3 Å².